The summed E-state index contributed by atoms with van der Waals surface area (Å²) in [6.07, 6.45) is 2.19. The van der Waals surface area contributed by atoms with Gasteiger partial charge in [0.05, 0.1) is 13.7 Å². The maximum absolute atomic E-state index is 5.41. The van der Waals surface area contributed by atoms with Gasteiger partial charge in [0.15, 0.2) is 5.96 Å². The third-order valence-corrected chi connectivity index (χ3v) is 5.02. The molecule has 0 radical (unpaired) electrons. The highest BCUT2D eigenvalue weighted by Gasteiger charge is 2.11. The molecule has 0 unspecified atom stereocenters. The molecule has 1 saturated heterocycles. The Labute approximate surface area is 188 Å². The van der Waals surface area contributed by atoms with Crippen LogP contribution < -0.4 is 15.4 Å². The van der Waals surface area contributed by atoms with Crippen LogP contribution in [0, 0.1) is 6.92 Å². The van der Waals surface area contributed by atoms with Gasteiger partial charge >= 0.3 is 0 Å². The summed E-state index contributed by atoms with van der Waals surface area (Å²) in [5.74, 6) is 1.86. The predicted molar refractivity (Wildman–Crippen MR) is 129 cm³/mol. The van der Waals surface area contributed by atoms with Crippen LogP contribution in [0.3, 0.4) is 0 Å². The summed E-state index contributed by atoms with van der Waals surface area (Å²) in [6.45, 7) is 12.4. The number of aryl methyl sites for hydroxylation is 1. The highest BCUT2D eigenvalue weighted by atomic mass is 127. The number of rotatable bonds is 8. The van der Waals surface area contributed by atoms with Crippen molar-refractivity contribution in [3.63, 3.8) is 0 Å². The smallest absolute Gasteiger partial charge is 0.191 e. The van der Waals surface area contributed by atoms with Crippen LogP contribution in [0.2, 0.25) is 0 Å². The molecule has 1 heterocycles. The topological polar surface area (TPSA) is 52.1 Å². The number of hydrogen-bond donors (Lipinski definition) is 2. The van der Waals surface area contributed by atoms with Gasteiger partial charge in [-0.1, -0.05) is 12.1 Å². The Bertz CT molecular complexity index is 596. The molecule has 1 aromatic carbocycles. The summed E-state index contributed by atoms with van der Waals surface area (Å²) in [4.78, 5) is 9.69. The van der Waals surface area contributed by atoms with E-state index >= 15 is 0 Å². The molecule has 2 N–H and O–H groups in total. The van der Waals surface area contributed by atoms with E-state index in [0.717, 1.165) is 57.4 Å². The average molecular weight is 503 g/mol. The fraction of sp³-hybridized carbons (Fsp3) is 0.667. The second-order valence-corrected chi connectivity index (χ2v) is 7.24. The Kier molecular flexibility index (Phi) is 12.5. The average Bonchev–Trinajstić information content (AvgIpc) is 2.87. The standard InChI is InChI=1S/C21H37N5O.HI/c1-5-22-21(24-11-14-26-13-6-12-25(3)15-16-26)23-10-9-19-8-7-18(2)20(17-19)27-4;/h7-8,17H,5-6,9-16H2,1-4H3,(H2,22,23,24);1H. The molecular weight excluding hydrogens is 465 g/mol. The molecule has 0 bridgehead atoms. The molecule has 2 rings (SSSR count). The second-order valence-electron chi connectivity index (χ2n) is 7.24. The van der Waals surface area contributed by atoms with Gasteiger partial charge in [-0.25, -0.2) is 0 Å². The predicted octanol–water partition coefficient (Wildman–Crippen LogP) is 2.36. The zero-order valence-electron chi connectivity index (χ0n) is 18.0. The normalized spacial score (nSPS) is 16.2. The first-order valence-electron chi connectivity index (χ1n) is 10.2. The first kappa shape index (κ1) is 25.0. The third kappa shape index (κ3) is 8.96. The molecule has 1 aliphatic rings. The zero-order chi connectivity index (χ0) is 19.5. The van der Waals surface area contributed by atoms with Crippen molar-refractivity contribution in [3.05, 3.63) is 29.3 Å². The number of methoxy groups -OCH3 is 1. The number of likely N-dealkylation sites (N-methyl/N-ethyl adjacent to an activating group) is 1. The van der Waals surface area contributed by atoms with Crippen LogP contribution in [-0.4, -0.2) is 82.3 Å². The van der Waals surface area contributed by atoms with Gasteiger partial charge < -0.3 is 25.2 Å². The van der Waals surface area contributed by atoms with Gasteiger partial charge in [0.2, 0.25) is 0 Å². The Hall–Kier alpha value is -1.06. The lowest BCUT2D eigenvalue weighted by atomic mass is 10.1. The molecule has 1 aromatic rings. The van der Waals surface area contributed by atoms with Crippen LogP contribution in [0.25, 0.3) is 0 Å². The van der Waals surface area contributed by atoms with Crippen LogP contribution in [0.5, 0.6) is 5.75 Å². The summed E-state index contributed by atoms with van der Waals surface area (Å²) < 4.78 is 5.41. The minimum absolute atomic E-state index is 0. The van der Waals surface area contributed by atoms with Crippen LogP contribution in [0.4, 0.5) is 0 Å². The van der Waals surface area contributed by atoms with Crippen molar-refractivity contribution in [1.82, 2.24) is 20.4 Å². The van der Waals surface area contributed by atoms with E-state index in [1.54, 1.807) is 7.11 Å². The molecular formula is C21H38IN5O. The van der Waals surface area contributed by atoms with E-state index in [1.807, 2.05) is 0 Å². The quantitative estimate of drug-likeness (QED) is 0.324. The fourth-order valence-corrected chi connectivity index (χ4v) is 3.31. The second kappa shape index (κ2) is 14.0. The summed E-state index contributed by atoms with van der Waals surface area (Å²) in [5.41, 5.74) is 2.44. The van der Waals surface area contributed by atoms with Crippen molar-refractivity contribution in [2.45, 2.75) is 26.7 Å². The van der Waals surface area contributed by atoms with E-state index in [2.05, 4.69) is 59.5 Å². The van der Waals surface area contributed by atoms with Crippen molar-refractivity contribution in [3.8, 4) is 5.75 Å². The number of nitrogens with zero attached hydrogens (tertiary/aromatic N) is 3. The van der Waals surface area contributed by atoms with E-state index in [0.29, 0.717) is 0 Å². The zero-order valence-corrected chi connectivity index (χ0v) is 20.3. The summed E-state index contributed by atoms with van der Waals surface area (Å²) in [7, 11) is 3.93. The Morgan fingerprint density at radius 1 is 1.18 bits per heavy atom. The molecule has 160 valence electrons. The molecule has 1 aliphatic heterocycles. The highest BCUT2D eigenvalue weighted by molar-refractivity contribution is 14.0. The van der Waals surface area contributed by atoms with E-state index in [4.69, 9.17) is 9.73 Å². The Morgan fingerprint density at radius 2 is 2.00 bits per heavy atom. The van der Waals surface area contributed by atoms with Crippen LogP contribution in [-0.2, 0) is 6.42 Å². The van der Waals surface area contributed by atoms with Crippen molar-refractivity contribution in [1.29, 1.82) is 0 Å². The largest absolute Gasteiger partial charge is 0.496 e. The molecule has 0 aliphatic carbocycles. The number of ether oxygens (including phenoxy) is 1. The maximum Gasteiger partial charge on any atom is 0.191 e. The van der Waals surface area contributed by atoms with Crippen LogP contribution in [0.15, 0.2) is 23.2 Å². The van der Waals surface area contributed by atoms with Crippen molar-refractivity contribution in [2.75, 3.05) is 66.5 Å². The first-order valence-corrected chi connectivity index (χ1v) is 10.2. The number of guanidine groups is 1. The summed E-state index contributed by atoms with van der Waals surface area (Å²) in [5, 5.41) is 6.79. The lowest BCUT2D eigenvalue weighted by Gasteiger charge is -2.19. The minimum Gasteiger partial charge on any atom is -0.496 e. The van der Waals surface area contributed by atoms with Gasteiger partial charge in [-0.15, -0.1) is 24.0 Å². The van der Waals surface area contributed by atoms with E-state index in [1.165, 1.54) is 30.6 Å². The van der Waals surface area contributed by atoms with Gasteiger partial charge in [-0.3, -0.25) is 4.99 Å². The molecule has 7 heteroatoms. The number of halogens is 1. The van der Waals surface area contributed by atoms with Crippen LogP contribution >= 0.6 is 24.0 Å². The van der Waals surface area contributed by atoms with Gasteiger partial charge in [-0.05, 0) is 64.0 Å². The summed E-state index contributed by atoms with van der Waals surface area (Å²) in [6, 6.07) is 6.41. The van der Waals surface area contributed by atoms with Crippen LogP contribution in [0.1, 0.15) is 24.5 Å². The molecule has 0 spiro atoms. The molecule has 0 amide bonds. The van der Waals surface area contributed by atoms with E-state index in [-0.39, 0.29) is 24.0 Å². The summed E-state index contributed by atoms with van der Waals surface area (Å²) >= 11 is 0. The Morgan fingerprint density at radius 3 is 2.75 bits per heavy atom. The van der Waals surface area contributed by atoms with Crippen molar-refractivity contribution < 1.29 is 4.74 Å². The highest BCUT2D eigenvalue weighted by Crippen LogP contribution is 2.18. The monoisotopic (exact) mass is 503 g/mol. The Balaban J connectivity index is 0.00000392. The maximum atomic E-state index is 5.41. The molecule has 0 atom stereocenters. The van der Waals surface area contributed by atoms with E-state index in [9.17, 15) is 0 Å². The minimum atomic E-state index is 0. The van der Waals surface area contributed by atoms with E-state index < -0.39 is 0 Å². The van der Waals surface area contributed by atoms with Gasteiger partial charge in [0.25, 0.3) is 0 Å². The van der Waals surface area contributed by atoms with Gasteiger partial charge in [0, 0.05) is 32.7 Å². The van der Waals surface area contributed by atoms with Gasteiger partial charge in [-0.2, -0.15) is 0 Å². The number of hydrogen-bond acceptors (Lipinski definition) is 4. The number of nitrogens with one attached hydrogen (secondary N) is 2. The van der Waals surface area contributed by atoms with Gasteiger partial charge in [0.1, 0.15) is 5.75 Å². The molecule has 1 fully saturated rings. The molecule has 0 saturated carbocycles. The molecule has 28 heavy (non-hydrogen) atoms. The SMILES string of the molecule is CCNC(=NCCN1CCCN(C)CC1)NCCc1ccc(C)c(OC)c1.I. The van der Waals surface area contributed by atoms with Crippen molar-refractivity contribution in [2.24, 2.45) is 4.99 Å². The number of aliphatic imine (C=N–C) groups is 1. The fourth-order valence-electron chi connectivity index (χ4n) is 3.31. The van der Waals surface area contributed by atoms with Crippen molar-refractivity contribution >= 4 is 29.9 Å². The molecule has 6 nitrogen and oxygen atoms in total. The lowest BCUT2D eigenvalue weighted by molar-refractivity contribution is 0.283. The third-order valence-electron chi connectivity index (χ3n) is 5.02. The number of benzene rings is 1. The lowest BCUT2D eigenvalue weighted by Crippen LogP contribution is -2.39. The first-order chi connectivity index (χ1) is 13.1. The molecule has 0 aromatic heterocycles.